The lowest BCUT2D eigenvalue weighted by molar-refractivity contribution is 0.124. The largest absolute Gasteiger partial charge is 0.411 e. The number of piperidine rings is 1. The molecule has 0 aromatic rings. The van der Waals surface area contributed by atoms with Crippen LogP contribution in [0.5, 0.6) is 0 Å². The van der Waals surface area contributed by atoms with Crippen molar-refractivity contribution in [2.45, 2.75) is 51.1 Å². The van der Waals surface area contributed by atoms with Crippen molar-refractivity contribution in [2.75, 3.05) is 6.54 Å². The minimum Gasteiger partial charge on any atom is -0.411 e. The Kier molecular flexibility index (Phi) is 2.06. The van der Waals surface area contributed by atoms with E-state index in [0.717, 1.165) is 25.1 Å². The predicted octanol–water partition coefficient (Wildman–Crippen LogP) is 1.85. The van der Waals surface area contributed by atoms with Crippen LogP contribution in [-0.4, -0.2) is 33.9 Å². The molecule has 2 heterocycles. The fourth-order valence-corrected chi connectivity index (χ4v) is 2.73. The van der Waals surface area contributed by atoms with E-state index in [2.05, 4.69) is 23.9 Å². The van der Waals surface area contributed by atoms with E-state index in [1.54, 1.807) is 0 Å². The number of hydrogen-bond donors (Lipinski definition) is 1. The summed E-state index contributed by atoms with van der Waals surface area (Å²) in [6, 6.07) is 0.634. The van der Waals surface area contributed by atoms with Gasteiger partial charge in [0.15, 0.2) is 0 Å². The summed E-state index contributed by atoms with van der Waals surface area (Å²) in [5, 5.41) is 12.1. The minimum absolute atomic E-state index is 0.367. The van der Waals surface area contributed by atoms with Gasteiger partial charge in [-0.15, -0.1) is 0 Å². The second-order valence-electron chi connectivity index (χ2n) is 4.82. The maximum atomic E-state index is 8.71. The van der Waals surface area contributed by atoms with Gasteiger partial charge in [-0.25, -0.2) is 0 Å². The molecule has 13 heavy (non-hydrogen) atoms. The first-order valence-electron chi connectivity index (χ1n) is 5.10. The molecule has 1 unspecified atom stereocenters. The molecule has 0 saturated carbocycles. The summed E-state index contributed by atoms with van der Waals surface area (Å²) in [5.41, 5.74) is 1.35. The van der Waals surface area contributed by atoms with E-state index in [1.807, 2.05) is 0 Å². The molecule has 2 rings (SSSR count). The maximum Gasteiger partial charge on any atom is 0.0599 e. The van der Waals surface area contributed by atoms with Crippen molar-refractivity contribution < 1.29 is 5.21 Å². The molecule has 1 atom stereocenters. The number of nitrogens with zero attached hydrogens (tertiary/aromatic N) is 2. The molecule has 2 fully saturated rings. The molecule has 0 aromatic carbocycles. The van der Waals surface area contributed by atoms with Crippen LogP contribution in [0.15, 0.2) is 5.16 Å². The van der Waals surface area contributed by atoms with E-state index in [9.17, 15) is 0 Å². The van der Waals surface area contributed by atoms with E-state index in [-0.39, 0.29) is 0 Å². The van der Waals surface area contributed by atoms with Gasteiger partial charge in [0.25, 0.3) is 0 Å². The number of oxime groups is 1. The molecule has 3 nitrogen and oxygen atoms in total. The zero-order valence-electron chi connectivity index (χ0n) is 8.45. The second-order valence-corrected chi connectivity index (χ2v) is 4.82. The highest BCUT2D eigenvalue weighted by Crippen LogP contribution is 2.37. The highest BCUT2D eigenvalue weighted by molar-refractivity contribution is 5.85. The molecule has 3 heteroatoms. The molecular formula is C10H18N2O. The Morgan fingerprint density at radius 1 is 1.54 bits per heavy atom. The smallest absolute Gasteiger partial charge is 0.0599 e. The van der Waals surface area contributed by atoms with E-state index >= 15 is 0 Å². The van der Waals surface area contributed by atoms with Gasteiger partial charge in [-0.3, -0.25) is 4.90 Å². The summed E-state index contributed by atoms with van der Waals surface area (Å²) in [4.78, 5) is 2.57. The molecule has 0 radical (unpaired) electrons. The molecule has 0 amide bonds. The number of rotatable bonds is 0. The van der Waals surface area contributed by atoms with Crippen LogP contribution in [0.2, 0.25) is 0 Å². The van der Waals surface area contributed by atoms with Crippen LogP contribution < -0.4 is 0 Å². The van der Waals surface area contributed by atoms with E-state index < -0.39 is 0 Å². The highest BCUT2D eigenvalue weighted by atomic mass is 16.4. The molecular weight excluding hydrogens is 164 g/mol. The average Bonchev–Trinajstić information content (AvgIpc) is 2.42. The highest BCUT2D eigenvalue weighted by Gasteiger charge is 2.41. The quantitative estimate of drug-likeness (QED) is 0.458. The standard InChI is InChI=1S/C10H18N2O/c1-10(2)5-3-9-7-8(11-13)4-6-12(9)10/h9,13H,3-7H2,1-2H3/b11-8+. The Hall–Kier alpha value is -0.570. The third-order valence-corrected chi connectivity index (χ3v) is 3.56. The van der Waals surface area contributed by atoms with Crippen molar-refractivity contribution in [3.63, 3.8) is 0 Å². The molecule has 1 N–H and O–H groups in total. The molecule has 0 aliphatic carbocycles. The van der Waals surface area contributed by atoms with Crippen LogP contribution in [0.3, 0.4) is 0 Å². The summed E-state index contributed by atoms with van der Waals surface area (Å²) < 4.78 is 0. The first kappa shape index (κ1) is 9.00. The Labute approximate surface area is 79.4 Å². The Bertz CT molecular complexity index is 235. The Morgan fingerprint density at radius 3 is 3.00 bits per heavy atom. The van der Waals surface area contributed by atoms with Gasteiger partial charge in [0, 0.05) is 31.0 Å². The van der Waals surface area contributed by atoms with Crippen molar-refractivity contribution in [1.82, 2.24) is 4.90 Å². The van der Waals surface area contributed by atoms with Crippen LogP contribution in [-0.2, 0) is 0 Å². The van der Waals surface area contributed by atoms with Gasteiger partial charge < -0.3 is 5.21 Å². The fraction of sp³-hybridized carbons (Fsp3) is 0.900. The minimum atomic E-state index is 0.367. The van der Waals surface area contributed by atoms with Gasteiger partial charge in [0.2, 0.25) is 0 Å². The van der Waals surface area contributed by atoms with Crippen molar-refractivity contribution >= 4 is 5.71 Å². The van der Waals surface area contributed by atoms with Gasteiger partial charge in [0.1, 0.15) is 0 Å². The van der Waals surface area contributed by atoms with Crippen LogP contribution in [0.4, 0.5) is 0 Å². The monoisotopic (exact) mass is 182 g/mol. The van der Waals surface area contributed by atoms with E-state index in [0.29, 0.717) is 11.6 Å². The third kappa shape index (κ3) is 1.46. The zero-order chi connectivity index (χ0) is 9.47. The van der Waals surface area contributed by atoms with Gasteiger partial charge in [-0.1, -0.05) is 5.16 Å². The summed E-state index contributed by atoms with van der Waals surface area (Å²) in [6.45, 7) is 5.69. The first-order chi connectivity index (χ1) is 6.13. The number of fused-ring (bicyclic) bond motifs is 1. The molecule has 2 saturated heterocycles. The lowest BCUT2D eigenvalue weighted by atomic mass is 10.00. The Balaban J connectivity index is 2.10. The van der Waals surface area contributed by atoms with Crippen LogP contribution in [0.25, 0.3) is 0 Å². The summed E-state index contributed by atoms with van der Waals surface area (Å²) in [6.07, 6.45) is 4.44. The summed E-state index contributed by atoms with van der Waals surface area (Å²) >= 11 is 0. The summed E-state index contributed by atoms with van der Waals surface area (Å²) in [5.74, 6) is 0. The molecule has 74 valence electrons. The normalized spacial score (nSPS) is 36.5. The van der Waals surface area contributed by atoms with Gasteiger partial charge in [-0.05, 0) is 26.7 Å². The topological polar surface area (TPSA) is 35.8 Å². The maximum absolute atomic E-state index is 8.71. The molecule has 0 bridgehead atoms. The van der Waals surface area contributed by atoms with E-state index in [4.69, 9.17) is 5.21 Å². The molecule has 0 aromatic heterocycles. The van der Waals surface area contributed by atoms with Gasteiger partial charge in [-0.2, -0.15) is 0 Å². The first-order valence-corrected chi connectivity index (χ1v) is 5.10. The SMILES string of the molecule is CC1(C)CCC2C/C(=N/O)CCN21. The lowest BCUT2D eigenvalue weighted by Gasteiger charge is -2.38. The summed E-state index contributed by atoms with van der Waals surface area (Å²) in [7, 11) is 0. The number of hydrogen-bond acceptors (Lipinski definition) is 3. The van der Waals surface area contributed by atoms with Crippen molar-refractivity contribution in [1.29, 1.82) is 0 Å². The zero-order valence-corrected chi connectivity index (χ0v) is 8.45. The molecule has 2 aliphatic heterocycles. The van der Waals surface area contributed by atoms with Crippen molar-refractivity contribution in [3.05, 3.63) is 0 Å². The Morgan fingerprint density at radius 2 is 2.31 bits per heavy atom. The third-order valence-electron chi connectivity index (χ3n) is 3.56. The molecule has 2 aliphatic rings. The van der Waals surface area contributed by atoms with Crippen LogP contribution >= 0.6 is 0 Å². The van der Waals surface area contributed by atoms with Gasteiger partial charge >= 0.3 is 0 Å². The fourth-order valence-electron chi connectivity index (χ4n) is 2.73. The van der Waals surface area contributed by atoms with Gasteiger partial charge in [0.05, 0.1) is 5.71 Å². The van der Waals surface area contributed by atoms with Crippen LogP contribution in [0, 0.1) is 0 Å². The molecule has 0 spiro atoms. The van der Waals surface area contributed by atoms with Crippen LogP contribution in [0.1, 0.15) is 39.5 Å². The van der Waals surface area contributed by atoms with Crippen molar-refractivity contribution in [2.24, 2.45) is 5.16 Å². The predicted molar refractivity (Wildman–Crippen MR) is 52.3 cm³/mol. The van der Waals surface area contributed by atoms with E-state index in [1.165, 1.54) is 12.8 Å². The van der Waals surface area contributed by atoms with Crippen molar-refractivity contribution in [3.8, 4) is 0 Å². The lowest BCUT2D eigenvalue weighted by Crippen LogP contribution is -2.47. The average molecular weight is 182 g/mol. The second kappa shape index (κ2) is 2.98.